The summed E-state index contributed by atoms with van der Waals surface area (Å²) in [7, 11) is 7.01. The number of aliphatic hydroxyl groups excluding tert-OH is 30. The largest absolute Gasteiger partial charge is 0.479 e. The fourth-order valence-corrected chi connectivity index (χ4v) is 18.4. The van der Waals surface area contributed by atoms with Crippen LogP contribution >= 0.6 is 0 Å². The van der Waals surface area contributed by atoms with Crippen molar-refractivity contribution in [2.75, 3.05) is 214 Å². The summed E-state index contributed by atoms with van der Waals surface area (Å²) in [5, 5.41) is 326. The van der Waals surface area contributed by atoms with Gasteiger partial charge in [-0.2, -0.15) is 0 Å². The van der Waals surface area contributed by atoms with Crippen LogP contribution in [0.25, 0.3) is 0 Å². The number of rotatable bonds is 51. The van der Waals surface area contributed by atoms with Crippen molar-refractivity contribution < 1.29 is 272 Å². The summed E-state index contributed by atoms with van der Waals surface area (Å²) in [6.45, 7) is -8.30. The zero-order chi connectivity index (χ0) is 102. The third-order valence-electron chi connectivity index (χ3n) is 26.8. The summed E-state index contributed by atoms with van der Waals surface area (Å²) in [6, 6.07) is 0. The third-order valence-corrected chi connectivity index (χ3v) is 26.8. The van der Waals surface area contributed by atoms with Gasteiger partial charge >= 0.3 is 11.9 Å². The quantitative estimate of drug-likeness (QED) is 0.0269. The minimum absolute atomic E-state index is 0.000583. The van der Waals surface area contributed by atoms with E-state index < -0.39 is 369 Å². The van der Waals surface area contributed by atoms with E-state index in [0.717, 1.165) is 0 Å². The predicted molar refractivity (Wildman–Crippen MR) is 449 cm³/mol. The van der Waals surface area contributed by atoms with Crippen LogP contribution in [0, 0.1) is 53.3 Å². The molecule has 0 amide bonds. The number of carbonyl (C=O) groups is 2. The lowest BCUT2D eigenvalue weighted by Crippen LogP contribution is -2.60. The maximum atomic E-state index is 11.5. The number of methoxy groups -OCH3 is 5. The third kappa shape index (κ3) is 31.7. The first-order valence-electron chi connectivity index (χ1n) is 45.4. The van der Waals surface area contributed by atoms with Crippen LogP contribution in [0.3, 0.4) is 0 Å². The molecule has 0 bridgehead atoms. The van der Waals surface area contributed by atoms with Crippen molar-refractivity contribution in [1.29, 1.82) is 0 Å². The average molecular weight is 2030 g/mol. The Balaban J connectivity index is 0.000000335. The maximum absolute atomic E-state index is 11.5. The fraction of sp³-hybridized carbons (Fsp3) is 0.976. The first-order chi connectivity index (χ1) is 65.7. The van der Waals surface area contributed by atoms with E-state index in [0.29, 0.717) is 0 Å². The van der Waals surface area contributed by atoms with Crippen molar-refractivity contribution in [2.24, 2.45) is 53.3 Å². The van der Waals surface area contributed by atoms with E-state index in [1.807, 2.05) is 0 Å². The molecule has 0 aromatic carbocycles. The van der Waals surface area contributed by atoms with Crippen molar-refractivity contribution in [3.8, 4) is 0 Å². The standard InChI is InChI=1S/C43H78O26.C34H62O21.C6H10O8/c1-58-8-19-24(4-44)66-30(40(54)34(19)48)16-63-12-23-28(14-64-18-32-41(55)35(49)20(9-59-2)25(5-45)67-32)69-33(43(57)38(23)52)17-62-11-22-27(7-47)68-31(42(56)37(22)51)15-61-10-21-26(6-46)65-29(13-60-3)39(53)36(21)50;1-47-7-15-19(3-35)53-24(32(44)27(15)39)12-50-9-17-21(5-37)55-26(34(46)29(17)41)14-51-10-18-22(6-38)54-25(33(45)30(18)42)13-49-8-16-20(4-36)52-23(11-48-2)31(43)28(16)40;7-1(3(9)5(11)12)2(8)4(10)6(13)14/h19-57H,4-18H2,1-3H3;15-46H,3-14H2,1-2H3;1-4,7-10H,(H,11,12)(H,13,14)/t19-,20-,21-,22-,23-,24+,25+,26+,27+,28+,29-,30-,31-,32-,33-,34-,35-,36-,37-,38-,39-,40-,41-,42-,43-;15-,16-,17-,18-,19+,20+,21+,22+,23-,24-,25-,26-,27-,28-,29-,30-,31-,32-,33-,34-;1-,2-,3-,4+/m110/s1. The number of ether oxygens (including phenoxy) is 21. The molecule has 138 heavy (non-hydrogen) atoms. The topological polar surface area (TPSA) is 875 Å². The van der Waals surface area contributed by atoms with Crippen LogP contribution in [0.2, 0.25) is 0 Å². The molecule has 0 aliphatic carbocycles. The minimum Gasteiger partial charge on any atom is -0.479 e. The normalized spacial score (nSPS) is 42.8. The monoisotopic (exact) mass is 2030 g/mol. The van der Waals surface area contributed by atoms with Gasteiger partial charge in [0.25, 0.3) is 0 Å². The number of carboxylic acids is 2. The molecule has 9 saturated heterocycles. The highest BCUT2D eigenvalue weighted by molar-refractivity contribution is 5.75. The summed E-state index contributed by atoms with van der Waals surface area (Å²) < 4.78 is 118. The number of hydrogen-bond acceptors (Lipinski definition) is 53. The van der Waals surface area contributed by atoms with E-state index in [4.69, 9.17) is 130 Å². The van der Waals surface area contributed by atoms with Crippen molar-refractivity contribution in [3.05, 3.63) is 0 Å². The summed E-state index contributed by atoms with van der Waals surface area (Å²) in [5.74, 6) is -11.5. The molecule has 0 saturated carbocycles. The highest BCUT2D eigenvalue weighted by atomic mass is 16.6. The molecule has 9 rings (SSSR count). The Morgan fingerprint density at radius 1 is 0.188 bits per heavy atom. The molecule has 0 aromatic rings. The van der Waals surface area contributed by atoms with E-state index in [1.54, 1.807) is 0 Å². The lowest BCUT2D eigenvalue weighted by atomic mass is 9.86. The van der Waals surface area contributed by atoms with Gasteiger partial charge in [-0.05, 0) is 0 Å². The summed E-state index contributed by atoms with van der Waals surface area (Å²) in [4.78, 5) is 20.2. The molecule has 0 radical (unpaired) electrons. The molecule has 9 heterocycles. The molecule has 0 unspecified atom stereocenters. The fourth-order valence-electron chi connectivity index (χ4n) is 18.4. The van der Waals surface area contributed by atoms with Crippen molar-refractivity contribution in [1.82, 2.24) is 0 Å². The van der Waals surface area contributed by atoms with Gasteiger partial charge in [0, 0.05) is 88.8 Å². The first-order valence-corrected chi connectivity index (χ1v) is 45.4. The van der Waals surface area contributed by atoms with Gasteiger partial charge in [-0.3, -0.25) is 0 Å². The molecule has 0 aromatic heterocycles. The Labute approximate surface area is 793 Å². The van der Waals surface area contributed by atoms with E-state index in [9.17, 15) is 142 Å². The first kappa shape index (κ1) is 122. The molecule has 9 fully saturated rings. The van der Waals surface area contributed by atoms with Gasteiger partial charge in [-0.25, -0.2) is 9.59 Å². The lowest BCUT2D eigenvalue weighted by Gasteiger charge is -2.45. The Morgan fingerprint density at radius 3 is 0.457 bits per heavy atom. The van der Waals surface area contributed by atoms with Gasteiger partial charge in [-0.1, -0.05) is 0 Å². The second kappa shape index (κ2) is 60.4. The van der Waals surface area contributed by atoms with Gasteiger partial charge in [0.15, 0.2) is 12.2 Å². The van der Waals surface area contributed by atoms with Crippen LogP contribution < -0.4 is 0 Å². The van der Waals surface area contributed by atoms with Gasteiger partial charge in [0.1, 0.15) is 122 Å². The number of carboxylic acid groups (broad SMARTS) is 2. The minimum atomic E-state index is -2.36. The second-order valence-electron chi connectivity index (χ2n) is 35.8. The van der Waals surface area contributed by atoms with Crippen molar-refractivity contribution in [3.63, 3.8) is 0 Å². The number of hydrogen-bond donors (Lipinski definition) is 32. The summed E-state index contributed by atoms with van der Waals surface area (Å²) in [5.41, 5.74) is 0. The molecule has 32 N–H and O–H groups in total. The number of aliphatic hydroxyl groups is 30. The molecular formula is C83H150O55. The van der Waals surface area contributed by atoms with E-state index in [2.05, 4.69) is 0 Å². The molecule has 55 heteroatoms. The van der Waals surface area contributed by atoms with Crippen molar-refractivity contribution in [2.45, 2.75) is 244 Å². The van der Waals surface area contributed by atoms with Crippen LogP contribution in [0.1, 0.15) is 0 Å². The number of aliphatic carboxylic acids is 2. The van der Waals surface area contributed by atoms with Crippen LogP contribution in [0.15, 0.2) is 0 Å². The zero-order valence-corrected chi connectivity index (χ0v) is 77.1. The maximum Gasteiger partial charge on any atom is 0.335 e. The molecule has 9 aliphatic rings. The van der Waals surface area contributed by atoms with E-state index in [1.165, 1.54) is 35.5 Å². The SMILES string of the molecule is COC[C@H]1[C@@H](O)[C@H](O)[C@@H](COC[C@H]2[C@@H](O)[C@H](O)[C@@H](COC[C@H]3[C@@H](O)[C@H](O)[C@@H](COC[C@H]4[C@@H](O)[C@H](O)[C@@H](COC)O[C@H]4CO)O[C@H]3CO)O[C@H]2CO)O[C@H]1CO.COC[C@H]1[C@@H](O)[C@H](O)[C@@H](COC[C@H]2[C@@H](O)[C@H](O)[C@@H](COC[C@H]3[C@@H](O)[C@H](O)[C@@H](COC[C@H]4[C@@H](O)[C@H](O)[C@@H](COC)O[C@H]4CO)O[C@H]3CO)O[C@H]2COC[C@H]2O[C@@H](CO)[C@@H](COC)[C@@H](O)[C@@H]2O)O[C@H]1CO.O=C(O)[C@@H](O)[C@@H](O)[C@H](O)[C@@H](O)C(=O)O. The molecule has 812 valence electrons. The van der Waals surface area contributed by atoms with Crippen LogP contribution in [-0.4, -0.2) is 633 Å². The lowest BCUT2D eigenvalue weighted by molar-refractivity contribution is -0.256. The highest BCUT2D eigenvalue weighted by Gasteiger charge is 2.55. The van der Waals surface area contributed by atoms with Gasteiger partial charge < -0.3 is 263 Å². The zero-order valence-electron chi connectivity index (χ0n) is 77.1. The molecule has 49 atom stereocenters. The summed E-state index contributed by atoms with van der Waals surface area (Å²) in [6.07, 6.45) is -53.2. The van der Waals surface area contributed by atoms with Crippen molar-refractivity contribution >= 4 is 11.9 Å². The van der Waals surface area contributed by atoms with E-state index in [-0.39, 0.29) is 119 Å². The predicted octanol–water partition coefficient (Wildman–Crippen LogP) is -19.2. The van der Waals surface area contributed by atoms with Gasteiger partial charge in [0.05, 0.1) is 288 Å². The van der Waals surface area contributed by atoms with Crippen LogP contribution in [0.4, 0.5) is 0 Å². The molecular weight excluding hydrogens is 1880 g/mol. The molecule has 55 nitrogen and oxygen atoms in total. The smallest absolute Gasteiger partial charge is 0.335 e. The summed E-state index contributed by atoms with van der Waals surface area (Å²) >= 11 is 0. The Kier molecular flexibility index (Phi) is 53.3. The van der Waals surface area contributed by atoms with Crippen LogP contribution in [0.5, 0.6) is 0 Å². The Bertz CT molecular complexity index is 3270. The van der Waals surface area contributed by atoms with E-state index >= 15 is 0 Å². The molecule has 9 aliphatic heterocycles. The Hall–Kier alpha value is -3.10. The van der Waals surface area contributed by atoms with Gasteiger partial charge in [-0.15, -0.1) is 0 Å². The van der Waals surface area contributed by atoms with Crippen LogP contribution in [-0.2, 0) is 109 Å². The molecule has 0 spiro atoms. The Morgan fingerprint density at radius 2 is 0.312 bits per heavy atom. The highest BCUT2D eigenvalue weighted by Crippen LogP contribution is 2.38. The average Bonchev–Trinajstić information content (AvgIpc) is 0.793. The second-order valence-corrected chi connectivity index (χ2v) is 35.8. The van der Waals surface area contributed by atoms with Gasteiger partial charge in [0.2, 0.25) is 0 Å².